The Morgan fingerprint density at radius 2 is 2.07 bits per heavy atom. The quantitative estimate of drug-likeness (QED) is 0.760. The van der Waals surface area contributed by atoms with E-state index in [0.29, 0.717) is 0 Å². The number of nitrogens with zero attached hydrogens (tertiary/aromatic N) is 3. The zero-order valence-corrected chi connectivity index (χ0v) is 9.85. The van der Waals surface area contributed by atoms with Crippen molar-refractivity contribution >= 4 is 39.1 Å². The minimum atomic E-state index is 1.10. The molecule has 0 saturated carbocycles. The van der Waals surface area contributed by atoms with Crippen LogP contribution in [0.2, 0.25) is 0 Å². The van der Waals surface area contributed by atoms with Crippen LogP contribution in [-0.2, 0) is 0 Å². The maximum Gasteiger partial charge on any atom is 0.140 e. The summed E-state index contributed by atoms with van der Waals surface area (Å²) in [7, 11) is 0. The molecule has 0 aromatic carbocycles. The van der Waals surface area contributed by atoms with E-state index >= 15 is 0 Å². The van der Waals surface area contributed by atoms with Crippen molar-refractivity contribution in [1.29, 1.82) is 0 Å². The Morgan fingerprint density at radius 3 is 2.93 bits per heavy atom. The molecule has 2 aromatic rings. The normalized spacial score (nSPS) is 17.2. The van der Waals surface area contributed by atoms with Crippen molar-refractivity contribution < 1.29 is 0 Å². The minimum absolute atomic E-state index is 1.10. The third-order valence-electron chi connectivity index (χ3n) is 2.55. The monoisotopic (exact) mass is 237 g/mol. The van der Waals surface area contributed by atoms with Crippen molar-refractivity contribution in [3.63, 3.8) is 0 Å². The Bertz CT molecular complexity index is 462. The van der Waals surface area contributed by atoms with Gasteiger partial charge in [0.15, 0.2) is 0 Å². The first kappa shape index (κ1) is 9.42. The van der Waals surface area contributed by atoms with Crippen molar-refractivity contribution in [3.8, 4) is 0 Å². The van der Waals surface area contributed by atoms with Crippen LogP contribution >= 0.6 is 23.1 Å². The molecule has 0 atom stereocenters. The van der Waals surface area contributed by atoms with Crippen LogP contribution in [0, 0.1) is 0 Å². The van der Waals surface area contributed by atoms with Crippen molar-refractivity contribution in [3.05, 3.63) is 17.8 Å². The number of aromatic nitrogens is 2. The molecule has 0 radical (unpaired) electrons. The highest BCUT2D eigenvalue weighted by atomic mass is 32.2. The first-order valence-electron chi connectivity index (χ1n) is 4.96. The maximum absolute atomic E-state index is 4.42. The lowest BCUT2D eigenvalue weighted by Gasteiger charge is -2.27. The summed E-state index contributed by atoms with van der Waals surface area (Å²) in [6.45, 7) is 2.21. The fourth-order valence-electron chi connectivity index (χ4n) is 1.80. The van der Waals surface area contributed by atoms with Gasteiger partial charge in [0.2, 0.25) is 0 Å². The summed E-state index contributed by atoms with van der Waals surface area (Å²) >= 11 is 3.70. The van der Waals surface area contributed by atoms with E-state index in [2.05, 4.69) is 26.3 Å². The van der Waals surface area contributed by atoms with E-state index in [1.54, 1.807) is 17.7 Å². The molecule has 1 aliphatic heterocycles. The third kappa shape index (κ3) is 1.70. The molecule has 1 saturated heterocycles. The van der Waals surface area contributed by atoms with Gasteiger partial charge in [-0.2, -0.15) is 11.8 Å². The zero-order chi connectivity index (χ0) is 10.1. The van der Waals surface area contributed by atoms with Gasteiger partial charge in [-0.1, -0.05) is 0 Å². The molecular formula is C10H11N3S2. The summed E-state index contributed by atoms with van der Waals surface area (Å²) in [5.74, 6) is 3.52. The average Bonchev–Trinajstić information content (AvgIpc) is 2.78. The molecule has 0 unspecified atom stereocenters. The number of rotatable bonds is 1. The summed E-state index contributed by atoms with van der Waals surface area (Å²) in [5.41, 5.74) is 0. The van der Waals surface area contributed by atoms with E-state index in [9.17, 15) is 0 Å². The molecular weight excluding hydrogens is 226 g/mol. The fourth-order valence-corrected chi connectivity index (χ4v) is 3.43. The van der Waals surface area contributed by atoms with Gasteiger partial charge in [-0.3, -0.25) is 0 Å². The molecule has 78 valence electrons. The van der Waals surface area contributed by atoms with E-state index in [4.69, 9.17) is 0 Å². The predicted octanol–water partition coefficient (Wildman–Crippen LogP) is 2.24. The molecule has 1 fully saturated rings. The van der Waals surface area contributed by atoms with Gasteiger partial charge in [-0.05, 0) is 11.4 Å². The topological polar surface area (TPSA) is 29.0 Å². The lowest BCUT2D eigenvalue weighted by molar-refractivity contribution is 0.842. The minimum Gasteiger partial charge on any atom is -0.354 e. The Hall–Kier alpha value is -0.810. The lowest BCUT2D eigenvalue weighted by atomic mass is 10.3. The summed E-state index contributed by atoms with van der Waals surface area (Å²) in [6.07, 6.45) is 1.68. The Kier molecular flexibility index (Phi) is 2.50. The highest BCUT2D eigenvalue weighted by molar-refractivity contribution is 7.99. The summed E-state index contributed by atoms with van der Waals surface area (Å²) < 4.78 is 0. The second-order valence-corrected chi connectivity index (χ2v) is 5.56. The number of thioether (sulfide) groups is 1. The second kappa shape index (κ2) is 3.98. The van der Waals surface area contributed by atoms with Crippen molar-refractivity contribution in [2.24, 2.45) is 0 Å². The highest BCUT2D eigenvalue weighted by Gasteiger charge is 2.15. The summed E-state index contributed by atoms with van der Waals surface area (Å²) in [6, 6.07) is 2.12. The highest BCUT2D eigenvalue weighted by Crippen LogP contribution is 2.28. The Morgan fingerprint density at radius 1 is 1.20 bits per heavy atom. The number of thiophene rings is 1. The van der Waals surface area contributed by atoms with E-state index < -0.39 is 0 Å². The average molecular weight is 237 g/mol. The number of hydrogen-bond acceptors (Lipinski definition) is 5. The van der Waals surface area contributed by atoms with Gasteiger partial charge in [0.05, 0.1) is 5.39 Å². The molecule has 0 aliphatic carbocycles. The molecule has 15 heavy (non-hydrogen) atoms. The van der Waals surface area contributed by atoms with Crippen LogP contribution in [0.5, 0.6) is 0 Å². The molecule has 3 nitrogen and oxygen atoms in total. The molecule has 5 heteroatoms. The van der Waals surface area contributed by atoms with E-state index in [1.807, 2.05) is 11.8 Å². The largest absolute Gasteiger partial charge is 0.354 e. The molecule has 3 heterocycles. The molecule has 0 spiro atoms. The smallest absolute Gasteiger partial charge is 0.140 e. The van der Waals surface area contributed by atoms with Crippen LogP contribution in [-0.4, -0.2) is 34.6 Å². The van der Waals surface area contributed by atoms with Crippen LogP contribution < -0.4 is 4.90 Å². The van der Waals surface area contributed by atoms with Crippen LogP contribution in [0.4, 0.5) is 5.82 Å². The standard InChI is InChI=1S/C10H11N3S2/c1-4-15-10-8(1)9(11-7-12-10)13-2-5-14-6-3-13/h1,4,7H,2-3,5-6H2. The van der Waals surface area contributed by atoms with E-state index in [1.165, 1.54) is 16.9 Å². The Balaban J connectivity index is 2.05. The van der Waals surface area contributed by atoms with Crippen LogP contribution in [0.15, 0.2) is 17.8 Å². The van der Waals surface area contributed by atoms with Crippen LogP contribution in [0.3, 0.4) is 0 Å². The van der Waals surface area contributed by atoms with Gasteiger partial charge < -0.3 is 4.90 Å². The molecule has 1 aliphatic rings. The van der Waals surface area contributed by atoms with Gasteiger partial charge in [0.25, 0.3) is 0 Å². The SMILES string of the molecule is c1nc(N2CCSCC2)c2ccsc2n1. The Labute approximate surface area is 96.5 Å². The number of anilines is 1. The van der Waals surface area contributed by atoms with Gasteiger partial charge in [-0.25, -0.2) is 9.97 Å². The summed E-state index contributed by atoms with van der Waals surface area (Å²) in [5, 5.41) is 3.29. The summed E-state index contributed by atoms with van der Waals surface area (Å²) in [4.78, 5) is 12.2. The number of hydrogen-bond donors (Lipinski definition) is 0. The molecule has 3 rings (SSSR count). The van der Waals surface area contributed by atoms with Crippen molar-refractivity contribution in [1.82, 2.24) is 9.97 Å². The van der Waals surface area contributed by atoms with Gasteiger partial charge in [-0.15, -0.1) is 11.3 Å². The van der Waals surface area contributed by atoms with Crippen molar-refractivity contribution in [2.45, 2.75) is 0 Å². The van der Waals surface area contributed by atoms with Crippen molar-refractivity contribution in [2.75, 3.05) is 29.5 Å². The molecule has 0 amide bonds. The molecule has 0 N–H and O–H groups in total. The first-order valence-corrected chi connectivity index (χ1v) is 6.99. The predicted molar refractivity (Wildman–Crippen MR) is 67.0 cm³/mol. The number of fused-ring (bicyclic) bond motifs is 1. The second-order valence-electron chi connectivity index (χ2n) is 3.44. The fraction of sp³-hybridized carbons (Fsp3) is 0.400. The van der Waals surface area contributed by atoms with E-state index in [0.717, 1.165) is 23.7 Å². The molecule has 2 aromatic heterocycles. The maximum atomic E-state index is 4.42. The third-order valence-corrected chi connectivity index (χ3v) is 4.31. The van der Waals surface area contributed by atoms with E-state index in [-0.39, 0.29) is 0 Å². The van der Waals surface area contributed by atoms with Gasteiger partial charge in [0, 0.05) is 24.6 Å². The molecule has 0 bridgehead atoms. The zero-order valence-electron chi connectivity index (χ0n) is 8.22. The first-order chi connectivity index (χ1) is 7.45. The van der Waals surface area contributed by atoms with Crippen LogP contribution in [0.1, 0.15) is 0 Å². The lowest BCUT2D eigenvalue weighted by Crippen LogP contribution is -2.33. The van der Waals surface area contributed by atoms with Gasteiger partial charge >= 0.3 is 0 Å². The van der Waals surface area contributed by atoms with Crippen LogP contribution in [0.25, 0.3) is 10.2 Å². The van der Waals surface area contributed by atoms with Gasteiger partial charge in [0.1, 0.15) is 17.0 Å².